The lowest BCUT2D eigenvalue weighted by Crippen LogP contribution is -2.47. The first-order valence-corrected chi connectivity index (χ1v) is 6.03. The van der Waals surface area contributed by atoms with Crippen molar-refractivity contribution in [3.63, 3.8) is 0 Å². The molecule has 0 saturated carbocycles. The number of furan rings is 1. The molecule has 1 aromatic heterocycles. The number of hydrogen-bond acceptors (Lipinski definition) is 4. The molecule has 3 heterocycles. The molecule has 1 N–H and O–H groups in total. The summed E-state index contributed by atoms with van der Waals surface area (Å²) in [5.74, 6) is 1.07. The molecule has 0 bridgehead atoms. The summed E-state index contributed by atoms with van der Waals surface area (Å²) in [5, 5.41) is 3.48. The highest BCUT2D eigenvalue weighted by Gasteiger charge is 2.33. The lowest BCUT2D eigenvalue weighted by Gasteiger charge is -2.38. The van der Waals surface area contributed by atoms with Crippen molar-refractivity contribution >= 4 is 0 Å². The molecule has 0 aliphatic carbocycles. The normalized spacial score (nSPS) is 32.0. The third-order valence-corrected chi connectivity index (χ3v) is 3.54. The van der Waals surface area contributed by atoms with Crippen LogP contribution >= 0.6 is 0 Å². The lowest BCUT2D eigenvalue weighted by molar-refractivity contribution is -0.0287. The van der Waals surface area contributed by atoms with Gasteiger partial charge in [0.2, 0.25) is 0 Å². The van der Waals surface area contributed by atoms with Gasteiger partial charge in [-0.05, 0) is 25.1 Å². The number of morpholine rings is 1. The van der Waals surface area contributed by atoms with E-state index >= 15 is 0 Å². The van der Waals surface area contributed by atoms with Crippen molar-refractivity contribution < 1.29 is 9.15 Å². The third-order valence-electron chi connectivity index (χ3n) is 3.54. The van der Waals surface area contributed by atoms with Crippen molar-refractivity contribution in [3.8, 4) is 0 Å². The average Bonchev–Trinajstić information content (AvgIpc) is 2.76. The van der Waals surface area contributed by atoms with E-state index in [2.05, 4.69) is 16.3 Å². The quantitative estimate of drug-likeness (QED) is 0.769. The summed E-state index contributed by atoms with van der Waals surface area (Å²) < 4.78 is 11.1. The highest BCUT2D eigenvalue weighted by Crippen LogP contribution is 2.27. The Labute approximate surface area is 95.6 Å². The van der Waals surface area contributed by atoms with Gasteiger partial charge in [-0.2, -0.15) is 0 Å². The summed E-state index contributed by atoms with van der Waals surface area (Å²) in [4.78, 5) is 2.53. The van der Waals surface area contributed by atoms with Crippen LogP contribution < -0.4 is 5.32 Å². The Bertz CT molecular complexity index is 326. The lowest BCUT2D eigenvalue weighted by atomic mass is 10.1. The summed E-state index contributed by atoms with van der Waals surface area (Å²) in [5.41, 5.74) is 0. The van der Waals surface area contributed by atoms with Crippen LogP contribution in [0.2, 0.25) is 0 Å². The monoisotopic (exact) mass is 222 g/mol. The van der Waals surface area contributed by atoms with Crippen LogP contribution in [0, 0.1) is 0 Å². The molecule has 88 valence electrons. The van der Waals surface area contributed by atoms with Crippen LogP contribution in [0.3, 0.4) is 0 Å². The SMILES string of the molecule is c1coc(C2CNCCC3COCCN32)c1. The molecule has 4 nitrogen and oxygen atoms in total. The van der Waals surface area contributed by atoms with Crippen LogP contribution in [-0.4, -0.2) is 43.8 Å². The van der Waals surface area contributed by atoms with Gasteiger partial charge >= 0.3 is 0 Å². The maximum Gasteiger partial charge on any atom is 0.122 e. The van der Waals surface area contributed by atoms with E-state index in [0.29, 0.717) is 12.1 Å². The minimum absolute atomic E-state index is 0.367. The summed E-state index contributed by atoms with van der Waals surface area (Å²) in [7, 11) is 0. The molecule has 2 fully saturated rings. The number of fused-ring (bicyclic) bond motifs is 1. The number of nitrogens with one attached hydrogen (secondary N) is 1. The second-order valence-electron chi connectivity index (χ2n) is 4.49. The molecule has 0 spiro atoms. The number of rotatable bonds is 1. The largest absolute Gasteiger partial charge is 0.468 e. The van der Waals surface area contributed by atoms with E-state index in [4.69, 9.17) is 9.15 Å². The molecular formula is C12H18N2O2. The van der Waals surface area contributed by atoms with Crippen molar-refractivity contribution in [2.45, 2.75) is 18.5 Å². The van der Waals surface area contributed by atoms with Crippen LogP contribution in [-0.2, 0) is 4.74 Å². The standard InChI is InChI=1S/C12H18N2O2/c1-2-12(16-6-1)11-8-13-4-3-10-9-15-7-5-14(10)11/h1-2,6,10-11,13H,3-5,7-9H2. The summed E-state index contributed by atoms with van der Waals surface area (Å²) in [6.07, 6.45) is 2.92. The van der Waals surface area contributed by atoms with Crippen LogP contribution in [0.15, 0.2) is 22.8 Å². The van der Waals surface area contributed by atoms with Crippen LogP contribution in [0.5, 0.6) is 0 Å². The van der Waals surface area contributed by atoms with Crippen molar-refractivity contribution in [3.05, 3.63) is 24.2 Å². The molecule has 4 heteroatoms. The fraction of sp³-hybridized carbons (Fsp3) is 0.667. The zero-order chi connectivity index (χ0) is 10.8. The third kappa shape index (κ3) is 1.88. The van der Waals surface area contributed by atoms with Gasteiger partial charge in [0.1, 0.15) is 5.76 Å². The highest BCUT2D eigenvalue weighted by atomic mass is 16.5. The minimum atomic E-state index is 0.367. The van der Waals surface area contributed by atoms with Crippen LogP contribution in [0.4, 0.5) is 0 Å². The Hall–Kier alpha value is -0.840. The molecule has 2 atom stereocenters. The maximum atomic E-state index is 5.56. The topological polar surface area (TPSA) is 37.6 Å². The molecule has 0 aromatic carbocycles. The number of hydrogen-bond donors (Lipinski definition) is 1. The molecule has 2 saturated heterocycles. The Morgan fingerprint density at radius 1 is 1.44 bits per heavy atom. The van der Waals surface area contributed by atoms with E-state index in [-0.39, 0.29) is 0 Å². The molecule has 2 aliphatic rings. The predicted octanol–water partition coefficient (Wildman–Crippen LogP) is 1.01. The summed E-state index contributed by atoms with van der Waals surface area (Å²) in [6, 6.07) is 4.95. The highest BCUT2D eigenvalue weighted by molar-refractivity contribution is 5.07. The molecule has 0 amide bonds. The molecule has 3 rings (SSSR count). The zero-order valence-corrected chi connectivity index (χ0v) is 9.39. The molecule has 0 radical (unpaired) electrons. The van der Waals surface area contributed by atoms with Gasteiger partial charge in [0, 0.05) is 19.1 Å². The Morgan fingerprint density at radius 3 is 3.31 bits per heavy atom. The zero-order valence-electron chi connectivity index (χ0n) is 9.39. The minimum Gasteiger partial charge on any atom is -0.468 e. The van der Waals surface area contributed by atoms with Gasteiger partial charge < -0.3 is 14.5 Å². The first kappa shape index (κ1) is 10.3. The first-order chi connectivity index (χ1) is 7.95. The number of nitrogens with zero attached hydrogens (tertiary/aromatic N) is 1. The molecule has 2 aliphatic heterocycles. The van der Waals surface area contributed by atoms with Gasteiger partial charge in [-0.25, -0.2) is 0 Å². The average molecular weight is 222 g/mol. The van der Waals surface area contributed by atoms with Crippen LogP contribution in [0.1, 0.15) is 18.2 Å². The van der Waals surface area contributed by atoms with Crippen LogP contribution in [0.25, 0.3) is 0 Å². The summed E-state index contributed by atoms with van der Waals surface area (Å²) >= 11 is 0. The predicted molar refractivity (Wildman–Crippen MR) is 60.2 cm³/mol. The molecular weight excluding hydrogens is 204 g/mol. The number of ether oxygens (including phenoxy) is 1. The van der Waals surface area contributed by atoms with E-state index < -0.39 is 0 Å². The van der Waals surface area contributed by atoms with Gasteiger partial charge in [0.05, 0.1) is 25.5 Å². The first-order valence-electron chi connectivity index (χ1n) is 6.03. The smallest absolute Gasteiger partial charge is 0.122 e. The van der Waals surface area contributed by atoms with Gasteiger partial charge in [-0.1, -0.05) is 0 Å². The van der Waals surface area contributed by atoms with Gasteiger partial charge in [-0.15, -0.1) is 0 Å². The summed E-state index contributed by atoms with van der Waals surface area (Å²) in [6.45, 7) is 4.76. The van der Waals surface area contributed by atoms with E-state index in [0.717, 1.165) is 45.0 Å². The Balaban J connectivity index is 1.84. The van der Waals surface area contributed by atoms with E-state index in [1.54, 1.807) is 6.26 Å². The molecule has 1 aromatic rings. The van der Waals surface area contributed by atoms with E-state index in [9.17, 15) is 0 Å². The molecule has 16 heavy (non-hydrogen) atoms. The maximum absolute atomic E-state index is 5.56. The second-order valence-corrected chi connectivity index (χ2v) is 4.49. The van der Waals surface area contributed by atoms with Crippen molar-refractivity contribution in [1.82, 2.24) is 10.2 Å². The Morgan fingerprint density at radius 2 is 2.44 bits per heavy atom. The van der Waals surface area contributed by atoms with E-state index in [1.165, 1.54) is 0 Å². The second kappa shape index (κ2) is 4.57. The Kier molecular flexibility index (Phi) is 2.95. The van der Waals surface area contributed by atoms with E-state index in [1.807, 2.05) is 6.07 Å². The van der Waals surface area contributed by atoms with Crippen molar-refractivity contribution in [1.29, 1.82) is 0 Å². The van der Waals surface area contributed by atoms with Gasteiger partial charge in [0.25, 0.3) is 0 Å². The van der Waals surface area contributed by atoms with Gasteiger partial charge in [0.15, 0.2) is 0 Å². The fourth-order valence-electron chi connectivity index (χ4n) is 2.70. The van der Waals surface area contributed by atoms with Gasteiger partial charge in [-0.3, -0.25) is 4.90 Å². The fourth-order valence-corrected chi connectivity index (χ4v) is 2.70. The molecule has 2 unspecified atom stereocenters. The van der Waals surface area contributed by atoms with Crippen molar-refractivity contribution in [2.75, 3.05) is 32.8 Å². The van der Waals surface area contributed by atoms with Crippen molar-refractivity contribution in [2.24, 2.45) is 0 Å².